The first kappa shape index (κ1) is 13.5. The van der Waals surface area contributed by atoms with Gasteiger partial charge in [-0.3, -0.25) is 0 Å². The van der Waals surface area contributed by atoms with Crippen LogP contribution in [-0.2, 0) is 5.41 Å². The number of benzene rings is 3. The van der Waals surface area contributed by atoms with Crippen molar-refractivity contribution in [3.63, 3.8) is 0 Å². The molecular formula is C24H24. The van der Waals surface area contributed by atoms with E-state index in [2.05, 4.69) is 54.6 Å². The number of hydrogen-bond acceptors (Lipinski definition) is 0. The lowest BCUT2D eigenvalue weighted by Crippen LogP contribution is -2.48. The van der Waals surface area contributed by atoms with Gasteiger partial charge in [-0.15, -0.1) is 0 Å². The number of fused-ring (bicyclic) bond motifs is 2. The van der Waals surface area contributed by atoms with E-state index < -0.39 is 0 Å². The molecule has 0 aliphatic heterocycles. The van der Waals surface area contributed by atoms with Gasteiger partial charge in [0.2, 0.25) is 0 Å². The molecule has 0 N–H and O–H groups in total. The van der Waals surface area contributed by atoms with Gasteiger partial charge in [0.05, 0.1) is 0 Å². The van der Waals surface area contributed by atoms with Gasteiger partial charge in [0.25, 0.3) is 0 Å². The van der Waals surface area contributed by atoms with E-state index in [0.29, 0.717) is 5.41 Å². The fourth-order valence-corrected chi connectivity index (χ4v) is 6.73. The Labute approximate surface area is 143 Å². The average Bonchev–Trinajstić information content (AvgIpc) is 2.58. The third kappa shape index (κ3) is 1.86. The summed E-state index contributed by atoms with van der Waals surface area (Å²) < 4.78 is 0. The van der Waals surface area contributed by atoms with Crippen LogP contribution >= 0.6 is 0 Å². The fourth-order valence-electron chi connectivity index (χ4n) is 6.73. The van der Waals surface area contributed by atoms with Crippen molar-refractivity contribution in [3.05, 3.63) is 60.2 Å². The zero-order chi connectivity index (χ0) is 15.7. The minimum atomic E-state index is 0.509. The molecule has 0 heteroatoms. The van der Waals surface area contributed by atoms with Gasteiger partial charge >= 0.3 is 0 Å². The zero-order valence-corrected chi connectivity index (χ0v) is 14.2. The third-order valence-corrected chi connectivity index (χ3v) is 7.36. The van der Waals surface area contributed by atoms with E-state index in [1.165, 1.54) is 60.1 Å². The van der Waals surface area contributed by atoms with Crippen molar-refractivity contribution in [1.29, 1.82) is 0 Å². The van der Waals surface area contributed by atoms with E-state index in [9.17, 15) is 0 Å². The van der Waals surface area contributed by atoms with Gasteiger partial charge in [0.1, 0.15) is 0 Å². The third-order valence-electron chi connectivity index (χ3n) is 7.36. The Hall–Kier alpha value is -1.82. The molecule has 0 radical (unpaired) electrons. The van der Waals surface area contributed by atoms with E-state index in [0.717, 1.165) is 17.8 Å². The lowest BCUT2D eigenvalue weighted by atomic mass is 9.48. The van der Waals surface area contributed by atoms with Gasteiger partial charge in [-0.05, 0) is 101 Å². The normalized spacial score (nSPS) is 34.2. The lowest BCUT2D eigenvalue weighted by Gasteiger charge is -2.57. The predicted molar refractivity (Wildman–Crippen MR) is 101 cm³/mol. The highest BCUT2D eigenvalue weighted by atomic mass is 14.6. The van der Waals surface area contributed by atoms with Gasteiger partial charge in [-0.2, -0.15) is 0 Å². The molecule has 0 nitrogen and oxygen atoms in total. The molecule has 3 aromatic rings. The summed E-state index contributed by atoms with van der Waals surface area (Å²) in [6, 6.07) is 20.9. The molecule has 0 unspecified atom stereocenters. The number of rotatable bonds is 1. The van der Waals surface area contributed by atoms with E-state index in [-0.39, 0.29) is 0 Å². The second-order valence-electron chi connectivity index (χ2n) is 8.96. The molecule has 7 rings (SSSR count). The summed E-state index contributed by atoms with van der Waals surface area (Å²) in [7, 11) is 0. The van der Waals surface area contributed by atoms with Crippen molar-refractivity contribution in [3.8, 4) is 0 Å². The Bertz CT molecular complexity index is 913. The largest absolute Gasteiger partial charge is 0.0616 e. The fraction of sp³-hybridized carbons (Fsp3) is 0.417. The second kappa shape index (κ2) is 4.63. The maximum atomic E-state index is 2.54. The van der Waals surface area contributed by atoms with E-state index in [1.807, 2.05) is 0 Å². The molecule has 120 valence electrons. The van der Waals surface area contributed by atoms with Crippen LogP contribution in [0.4, 0.5) is 0 Å². The van der Waals surface area contributed by atoms with E-state index in [1.54, 1.807) is 5.56 Å². The molecule has 0 atom stereocenters. The van der Waals surface area contributed by atoms with Crippen molar-refractivity contribution in [2.45, 2.75) is 43.9 Å². The Morgan fingerprint density at radius 3 is 1.75 bits per heavy atom. The van der Waals surface area contributed by atoms with Gasteiger partial charge in [0.15, 0.2) is 0 Å². The minimum absolute atomic E-state index is 0.509. The maximum Gasteiger partial charge on any atom is -0.00388 e. The zero-order valence-electron chi connectivity index (χ0n) is 14.2. The van der Waals surface area contributed by atoms with Gasteiger partial charge in [-0.1, -0.05) is 42.5 Å². The highest BCUT2D eigenvalue weighted by molar-refractivity contribution is 5.98. The van der Waals surface area contributed by atoms with Crippen LogP contribution in [0, 0.1) is 17.8 Å². The molecule has 4 bridgehead atoms. The summed E-state index contributed by atoms with van der Waals surface area (Å²) in [6.45, 7) is 0. The molecule has 0 saturated heterocycles. The molecule has 3 aromatic carbocycles. The first-order chi connectivity index (χ1) is 11.8. The van der Waals surface area contributed by atoms with Crippen LogP contribution in [0.3, 0.4) is 0 Å². The Kier molecular flexibility index (Phi) is 2.60. The SMILES string of the molecule is c1ccc2cc3cc(C45CC6CC(CC(C6)C4)C5)ccc3cc2c1. The van der Waals surface area contributed by atoms with Crippen LogP contribution in [-0.4, -0.2) is 0 Å². The molecule has 4 saturated carbocycles. The van der Waals surface area contributed by atoms with Crippen LogP contribution in [0.5, 0.6) is 0 Å². The minimum Gasteiger partial charge on any atom is -0.0616 e. The van der Waals surface area contributed by atoms with E-state index in [4.69, 9.17) is 0 Å². The molecule has 4 aliphatic carbocycles. The second-order valence-corrected chi connectivity index (χ2v) is 8.96. The molecule has 4 aliphatic rings. The molecule has 4 fully saturated rings. The summed E-state index contributed by atoms with van der Waals surface area (Å²) >= 11 is 0. The standard InChI is InChI=1S/C24H24/c1-2-4-20-11-22-12-23(6-5-21(22)10-19(20)3-1)24-13-16-7-17(14-24)9-18(8-16)15-24/h1-6,10-12,16-18H,7-9,13-15H2. The first-order valence-electron chi connectivity index (χ1n) is 9.70. The van der Waals surface area contributed by atoms with Crippen LogP contribution in [0.15, 0.2) is 54.6 Å². The van der Waals surface area contributed by atoms with Crippen molar-refractivity contribution >= 4 is 21.5 Å². The van der Waals surface area contributed by atoms with Crippen LogP contribution in [0.1, 0.15) is 44.1 Å². The Balaban J connectivity index is 1.51. The monoisotopic (exact) mass is 312 g/mol. The number of hydrogen-bond donors (Lipinski definition) is 0. The molecule has 0 amide bonds. The molecule has 24 heavy (non-hydrogen) atoms. The average molecular weight is 312 g/mol. The molecule has 0 spiro atoms. The van der Waals surface area contributed by atoms with Crippen molar-refractivity contribution in [2.75, 3.05) is 0 Å². The maximum absolute atomic E-state index is 2.54. The van der Waals surface area contributed by atoms with Crippen LogP contribution in [0.2, 0.25) is 0 Å². The Morgan fingerprint density at radius 1 is 0.583 bits per heavy atom. The quantitative estimate of drug-likeness (QED) is 0.452. The van der Waals surface area contributed by atoms with Gasteiger partial charge < -0.3 is 0 Å². The van der Waals surface area contributed by atoms with E-state index >= 15 is 0 Å². The molecule has 0 aromatic heterocycles. The van der Waals surface area contributed by atoms with Crippen LogP contribution < -0.4 is 0 Å². The summed E-state index contributed by atoms with van der Waals surface area (Å²) in [4.78, 5) is 0. The smallest absolute Gasteiger partial charge is 0.00388 e. The Morgan fingerprint density at radius 2 is 1.12 bits per heavy atom. The summed E-state index contributed by atoms with van der Waals surface area (Å²) in [5, 5.41) is 5.55. The first-order valence-corrected chi connectivity index (χ1v) is 9.70. The van der Waals surface area contributed by atoms with Crippen molar-refractivity contribution in [1.82, 2.24) is 0 Å². The van der Waals surface area contributed by atoms with Gasteiger partial charge in [0, 0.05) is 0 Å². The summed E-state index contributed by atoms with van der Waals surface area (Å²) in [5.41, 5.74) is 2.15. The van der Waals surface area contributed by atoms with Gasteiger partial charge in [-0.25, -0.2) is 0 Å². The molecule has 0 heterocycles. The highest BCUT2D eigenvalue weighted by Crippen LogP contribution is 2.60. The van der Waals surface area contributed by atoms with Crippen molar-refractivity contribution in [2.24, 2.45) is 17.8 Å². The molecular weight excluding hydrogens is 288 g/mol. The lowest BCUT2D eigenvalue weighted by molar-refractivity contribution is -0.00512. The summed E-state index contributed by atoms with van der Waals surface area (Å²) in [5.74, 6) is 3.05. The van der Waals surface area contributed by atoms with Crippen LogP contribution in [0.25, 0.3) is 21.5 Å². The summed E-state index contributed by atoms with van der Waals surface area (Å²) in [6.07, 6.45) is 8.95. The predicted octanol–water partition coefficient (Wildman–Crippen LogP) is 6.46. The topological polar surface area (TPSA) is 0 Å². The van der Waals surface area contributed by atoms with Crippen molar-refractivity contribution < 1.29 is 0 Å². The highest BCUT2D eigenvalue weighted by Gasteiger charge is 2.51.